The number of fused-ring (bicyclic) bond motifs is 1. The molecule has 3 aromatic heterocycles. The van der Waals surface area contributed by atoms with Crippen LogP contribution >= 0.6 is 0 Å². The van der Waals surface area contributed by atoms with Gasteiger partial charge in [0.25, 0.3) is 0 Å². The number of hydrogen-bond donors (Lipinski definition) is 3. The van der Waals surface area contributed by atoms with E-state index in [9.17, 15) is 19.2 Å². The minimum Gasteiger partial charge on any atom is -0.444 e. The number of anilines is 2. The topological polar surface area (TPSA) is 159 Å². The van der Waals surface area contributed by atoms with Crippen molar-refractivity contribution in [1.82, 2.24) is 30.1 Å². The van der Waals surface area contributed by atoms with Crippen LogP contribution in [0, 0.1) is 23.6 Å². The highest BCUT2D eigenvalue weighted by Gasteiger charge is 2.31. The van der Waals surface area contributed by atoms with Crippen molar-refractivity contribution < 1.29 is 28.3 Å². The van der Waals surface area contributed by atoms with Gasteiger partial charge in [-0.3, -0.25) is 39.9 Å². The first kappa shape index (κ1) is 49.1. The normalized spacial score (nSPS) is 23.0. The van der Waals surface area contributed by atoms with Crippen LogP contribution in [0.5, 0.6) is 0 Å². The van der Waals surface area contributed by atoms with Gasteiger partial charge in [-0.15, -0.1) is 0 Å². The molecule has 3 N–H and O–H groups in total. The maximum Gasteiger partial charge on any atom is 0.413 e. The van der Waals surface area contributed by atoms with E-state index in [1.807, 2.05) is 39.1 Å². The molecule has 3 amide bonds. The lowest BCUT2D eigenvalue weighted by Crippen LogP contribution is -2.47. The van der Waals surface area contributed by atoms with Gasteiger partial charge < -0.3 is 15.0 Å². The maximum absolute atomic E-state index is 15.2. The SMILES string of the molecule is CC1Cc2nccc(-c3ccc(NC(=O)OC(C)(C)C)nc3)c2C=C1CN1CCC(c2ccc(C(=O)CC3CCC(CN4CCC(c5ncc(NC6CCC(=O)NC6=O)cc5F)CC4)CC3)cc2)CC1. The highest BCUT2D eigenvalue weighted by molar-refractivity contribution is 6.01. The molecule has 4 fully saturated rings. The van der Waals surface area contributed by atoms with Gasteiger partial charge in [-0.2, -0.15) is 0 Å². The number of hydrogen-bond acceptors (Lipinski definition) is 11. The Kier molecular flexibility index (Phi) is 15.2. The standard InChI is InChI=1S/C56H69FN8O5/c1-35-27-49-46(45(17-22-58-49)42-13-15-51(59-31-42)62-55(69)70-56(2,3)4)29-43(35)34-65-23-18-39(19-24-65)38-9-11-40(12-10-38)50(66)28-36-5-7-37(8-6-36)33-64-25-20-41(21-26-64)53-47(57)30-44(32-60-53)61-48-14-16-52(67)63-54(48)68/h9-13,15,17,22,29-32,35-37,39,41,48,61H,5-8,14,16,18-21,23-28,33-34H2,1-4H3,(H,59,62,69)(H,63,67,68). The Hall–Kier alpha value is -5.86. The van der Waals surface area contributed by atoms with Gasteiger partial charge in [0.1, 0.15) is 23.3 Å². The van der Waals surface area contributed by atoms with E-state index in [1.54, 1.807) is 18.5 Å². The number of rotatable bonds is 13. The van der Waals surface area contributed by atoms with E-state index in [1.165, 1.54) is 17.2 Å². The highest BCUT2D eigenvalue weighted by Crippen LogP contribution is 2.38. The second-order valence-electron chi connectivity index (χ2n) is 21.6. The summed E-state index contributed by atoms with van der Waals surface area (Å²) in [4.78, 5) is 68.3. The third-order valence-electron chi connectivity index (χ3n) is 15.3. The van der Waals surface area contributed by atoms with Crippen LogP contribution in [0.1, 0.15) is 143 Å². The summed E-state index contributed by atoms with van der Waals surface area (Å²) in [5.41, 5.74) is 8.23. The first-order chi connectivity index (χ1) is 33.7. The van der Waals surface area contributed by atoms with E-state index in [2.05, 4.69) is 73.0 Å². The van der Waals surface area contributed by atoms with Crippen molar-refractivity contribution in [2.24, 2.45) is 17.8 Å². The van der Waals surface area contributed by atoms with Crippen molar-refractivity contribution in [3.63, 3.8) is 0 Å². The highest BCUT2D eigenvalue weighted by atomic mass is 19.1. The Bertz CT molecular complexity index is 2550. The van der Waals surface area contributed by atoms with Crippen LogP contribution < -0.4 is 16.0 Å². The lowest BCUT2D eigenvalue weighted by molar-refractivity contribution is -0.133. The van der Waals surface area contributed by atoms with Crippen molar-refractivity contribution in [2.75, 3.05) is 49.9 Å². The molecule has 5 aliphatic rings. The molecule has 2 unspecified atom stereocenters. The molecular weight excluding hydrogens is 884 g/mol. The monoisotopic (exact) mass is 953 g/mol. The molecule has 9 rings (SSSR count). The summed E-state index contributed by atoms with van der Waals surface area (Å²) in [5.74, 6) is 1.66. The number of Topliss-reactive ketones (excluding diaryl/α,β-unsaturated/α-hetero) is 1. The molecule has 13 nitrogen and oxygen atoms in total. The largest absolute Gasteiger partial charge is 0.444 e. The molecule has 2 atom stereocenters. The molecule has 1 saturated carbocycles. The number of carbonyl (C=O) groups excluding carboxylic acids is 4. The van der Waals surface area contributed by atoms with Crippen LogP contribution in [0.2, 0.25) is 0 Å². The molecule has 2 aliphatic carbocycles. The van der Waals surface area contributed by atoms with Crippen LogP contribution in [0.4, 0.5) is 20.7 Å². The average Bonchev–Trinajstić information content (AvgIpc) is 3.33. The summed E-state index contributed by atoms with van der Waals surface area (Å²) < 4.78 is 20.6. The lowest BCUT2D eigenvalue weighted by atomic mass is 9.78. The van der Waals surface area contributed by atoms with E-state index in [4.69, 9.17) is 9.72 Å². The number of halogens is 1. The number of imide groups is 1. The minimum atomic E-state index is -0.591. The van der Waals surface area contributed by atoms with Crippen molar-refractivity contribution in [3.05, 3.63) is 107 Å². The number of carbonyl (C=O) groups is 4. The van der Waals surface area contributed by atoms with Crippen molar-refractivity contribution in [1.29, 1.82) is 0 Å². The van der Waals surface area contributed by atoms with E-state index >= 15 is 4.39 Å². The number of likely N-dealkylation sites (tertiary alicyclic amines) is 2. The fraction of sp³-hybridized carbons (Fsp3) is 0.518. The Labute approximate surface area is 411 Å². The molecule has 70 heavy (non-hydrogen) atoms. The average molecular weight is 953 g/mol. The predicted octanol–water partition coefficient (Wildman–Crippen LogP) is 9.96. The molecule has 370 valence electrons. The molecule has 1 aromatic carbocycles. The zero-order valence-corrected chi connectivity index (χ0v) is 41.3. The second-order valence-corrected chi connectivity index (χ2v) is 21.6. The molecule has 6 heterocycles. The smallest absolute Gasteiger partial charge is 0.413 e. The van der Waals surface area contributed by atoms with Crippen molar-refractivity contribution in [2.45, 2.75) is 128 Å². The van der Waals surface area contributed by atoms with E-state index < -0.39 is 23.6 Å². The van der Waals surface area contributed by atoms with Gasteiger partial charge in [0.2, 0.25) is 11.8 Å². The Morgan fingerprint density at radius 2 is 1.54 bits per heavy atom. The number of nitrogens with one attached hydrogen (secondary N) is 3. The number of piperidine rings is 3. The molecule has 0 radical (unpaired) electrons. The molecule has 0 bridgehead atoms. The summed E-state index contributed by atoms with van der Waals surface area (Å²) in [5, 5.41) is 8.07. The van der Waals surface area contributed by atoms with Gasteiger partial charge in [-0.05, 0) is 164 Å². The fourth-order valence-electron chi connectivity index (χ4n) is 11.3. The van der Waals surface area contributed by atoms with Gasteiger partial charge in [0, 0.05) is 72.7 Å². The number of aromatic nitrogens is 3. The minimum absolute atomic E-state index is 0.0622. The molecule has 0 spiro atoms. The quantitative estimate of drug-likeness (QED) is 0.0865. The number of ketones is 1. The van der Waals surface area contributed by atoms with Crippen LogP contribution in [-0.4, -0.2) is 99.4 Å². The zero-order valence-electron chi connectivity index (χ0n) is 41.3. The summed E-state index contributed by atoms with van der Waals surface area (Å²) in [6.45, 7) is 13.7. The Morgan fingerprint density at radius 1 is 0.829 bits per heavy atom. The molecule has 4 aromatic rings. The summed E-state index contributed by atoms with van der Waals surface area (Å²) in [6.07, 6.45) is 17.6. The second kappa shape index (κ2) is 21.6. The lowest BCUT2D eigenvalue weighted by Gasteiger charge is -2.36. The van der Waals surface area contributed by atoms with E-state index in [0.29, 0.717) is 53.7 Å². The van der Waals surface area contributed by atoms with Crippen molar-refractivity contribution >= 4 is 41.3 Å². The van der Waals surface area contributed by atoms with Gasteiger partial charge in [-0.25, -0.2) is 14.2 Å². The first-order valence-electron chi connectivity index (χ1n) is 25.7. The molecular formula is C56H69FN8O5. The summed E-state index contributed by atoms with van der Waals surface area (Å²) in [7, 11) is 0. The summed E-state index contributed by atoms with van der Waals surface area (Å²) in [6, 6.07) is 15.2. The van der Waals surface area contributed by atoms with Gasteiger partial charge >= 0.3 is 6.09 Å². The molecule has 3 aliphatic heterocycles. The van der Waals surface area contributed by atoms with E-state index in [-0.39, 0.29) is 29.8 Å². The first-order valence-corrected chi connectivity index (χ1v) is 25.7. The zero-order chi connectivity index (χ0) is 48.9. The van der Waals surface area contributed by atoms with Crippen LogP contribution in [-0.2, 0) is 20.7 Å². The Morgan fingerprint density at radius 3 is 2.23 bits per heavy atom. The number of ether oxygens (including phenoxy) is 1. The van der Waals surface area contributed by atoms with Gasteiger partial charge in [0.15, 0.2) is 5.78 Å². The van der Waals surface area contributed by atoms with Crippen LogP contribution in [0.25, 0.3) is 17.2 Å². The maximum atomic E-state index is 15.2. The number of benzene rings is 1. The summed E-state index contributed by atoms with van der Waals surface area (Å²) >= 11 is 0. The molecule has 14 heteroatoms. The number of pyridine rings is 3. The van der Waals surface area contributed by atoms with Gasteiger partial charge in [-0.1, -0.05) is 42.8 Å². The Balaban J connectivity index is 0.691. The van der Waals surface area contributed by atoms with E-state index in [0.717, 1.165) is 125 Å². The molecule has 3 saturated heterocycles. The predicted molar refractivity (Wildman–Crippen MR) is 270 cm³/mol. The third kappa shape index (κ3) is 12.4. The van der Waals surface area contributed by atoms with Crippen molar-refractivity contribution in [3.8, 4) is 11.1 Å². The number of nitrogens with zero attached hydrogens (tertiary/aromatic N) is 5. The van der Waals surface area contributed by atoms with Crippen LogP contribution in [0.3, 0.4) is 0 Å². The fourth-order valence-corrected chi connectivity index (χ4v) is 11.3. The number of amides is 3. The third-order valence-corrected chi connectivity index (χ3v) is 15.3. The van der Waals surface area contributed by atoms with Gasteiger partial charge in [0.05, 0.1) is 17.6 Å². The van der Waals surface area contributed by atoms with Crippen LogP contribution in [0.15, 0.2) is 72.7 Å².